The van der Waals surface area contributed by atoms with Crippen LogP contribution in [0, 0.1) is 5.41 Å². The van der Waals surface area contributed by atoms with Gasteiger partial charge in [-0.05, 0) is 37.3 Å². The summed E-state index contributed by atoms with van der Waals surface area (Å²) in [4.78, 5) is 12.3. The molecule has 1 rings (SSSR count). The zero-order valence-corrected chi connectivity index (χ0v) is 13.0. The monoisotopic (exact) mass is 276 g/mol. The molecule has 1 unspecified atom stereocenters. The van der Waals surface area contributed by atoms with Crippen LogP contribution in [0.15, 0.2) is 30.3 Å². The molecule has 1 aromatic carbocycles. The number of hydrogen-bond donors (Lipinski definition) is 2. The normalized spacial score (nSPS) is 13.0. The van der Waals surface area contributed by atoms with E-state index in [4.69, 9.17) is 5.73 Å². The van der Waals surface area contributed by atoms with Crippen molar-refractivity contribution >= 4 is 5.91 Å². The van der Waals surface area contributed by atoms with Gasteiger partial charge in [-0.2, -0.15) is 0 Å². The maximum absolute atomic E-state index is 12.3. The van der Waals surface area contributed by atoms with Gasteiger partial charge in [-0.25, -0.2) is 0 Å². The number of nitrogens with one attached hydrogen (secondary N) is 1. The molecule has 0 bridgehead atoms. The summed E-state index contributed by atoms with van der Waals surface area (Å²) < 4.78 is 0. The first-order valence-electron chi connectivity index (χ1n) is 7.54. The minimum Gasteiger partial charge on any atom is -0.356 e. The molecule has 0 radical (unpaired) electrons. The van der Waals surface area contributed by atoms with E-state index in [2.05, 4.69) is 36.5 Å². The van der Waals surface area contributed by atoms with Crippen molar-refractivity contribution < 1.29 is 4.79 Å². The lowest BCUT2D eigenvalue weighted by Crippen LogP contribution is -2.38. The van der Waals surface area contributed by atoms with Crippen LogP contribution >= 0.6 is 0 Å². The molecule has 0 aliphatic rings. The van der Waals surface area contributed by atoms with Crippen LogP contribution in [0.4, 0.5) is 0 Å². The summed E-state index contributed by atoms with van der Waals surface area (Å²) in [6.07, 6.45) is 2.74. The molecule has 0 aromatic heterocycles. The molecule has 3 heteroatoms. The number of rotatable bonds is 8. The van der Waals surface area contributed by atoms with Gasteiger partial charge in [0.25, 0.3) is 0 Å². The summed E-state index contributed by atoms with van der Waals surface area (Å²) >= 11 is 0. The molecule has 1 amide bonds. The van der Waals surface area contributed by atoms with Crippen LogP contribution in [0.2, 0.25) is 0 Å². The summed E-state index contributed by atoms with van der Waals surface area (Å²) in [6.45, 7) is 7.51. The number of carbonyl (C=O) groups is 1. The van der Waals surface area contributed by atoms with Crippen molar-refractivity contribution in [3.05, 3.63) is 35.9 Å². The Bertz CT molecular complexity index is 401. The van der Waals surface area contributed by atoms with E-state index >= 15 is 0 Å². The quantitative estimate of drug-likeness (QED) is 0.717. The van der Waals surface area contributed by atoms with E-state index in [1.54, 1.807) is 0 Å². The lowest BCUT2D eigenvalue weighted by Gasteiger charge is -2.28. The van der Waals surface area contributed by atoms with Gasteiger partial charge in [-0.1, -0.05) is 51.1 Å². The molecule has 20 heavy (non-hydrogen) atoms. The van der Waals surface area contributed by atoms with E-state index in [0.717, 1.165) is 19.3 Å². The fraction of sp³-hybridized carbons (Fsp3) is 0.588. The molecule has 0 aliphatic heterocycles. The van der Waals surface area contributed by atoms with Gasteiger partial charge >= 0.3 is 0 Å². The molecule has 0 aliphatic carbocycles. The summed E-state index contributed by atoms with van der Waals surface area (Å²) in [5.41, 5.74) is 6.41. The minimum atomic E-state index is -0.356. The SMILES string of the molecule is CCC(CC(C)(C)C(=O)NCCCN)c1ccccc1. The van der Waals surface area contributed by atoms with Crippen LogP contribution in [0.1, 0.15) is 51.5 Å². The second-order valence-electron chi connectivity index (χ2n) is 6.00. The number of nitrogens with two attached hydrogens (primary N) is 1. The highest BCUT2D eigenvalue weighted by Gasteiger charge is 2.30. The number of carbonyl (C=O) groups excluding carboxylic acids is 1. The first-order chi connectivity index (χ1) is 9.51. The van der Waals surface area contributed by atoms with Crippen LogP contribution in [-0.2, 0) is 4.79 Å². The molecule has 0 saturated heterocycles. The Hall–Kier alpha value is -1.35. The van der Waals surface area contributed by atoms with Gasteiger partial charge in [0.2, 0.25) is 5.91 Å². The molecule has 0 fully saturated rings. The lowest BCUT2D eigenvalue weighted by molar-refractivity contribution is -0.129. The number of hydrogen-bond acceptors (Lipinski definition) is 2. The lowest BCUT2D eigenvalue weighted by atomic mass is 9.78. The predicted molar refractivity (Wildman–Crippen MR) is 84.6 cm³/mol. The van der Waals surface area contributed by atoms with Crippen molar-refractivity contribution in [1.29, 1.82) is 0 Å². The molecule has 1 atom stereocenters. The third-order valence-corrected chi connectivity index (χ3v) is 3.80. The van der Waals surface area contributed by atoms with Crippen LogP contribution < -0.4 is 11.1 Å². The van der Waals surface area contributed by atoms with Crippen molar-refractivity contribution in [1.82, 2.24) is 5.32 Å². The third kappa shape index (κ3) is 4.97. The minimum absolute atomic E-state index is 0.125. The standard InChI is InChI=1S/C17H28N2O/c1-4-14(15-9-6-5-7-10-15)13-17(2,3)16(20)19-12-8-11-18/h5-7,9-10,14H,4,8,11-13,18H2,1-3H3,(H,19,20). The van der Waals surface area contributed by atoms with E-state index < -0.39 is 0 Å². The highest BCUT2D eigenvalue weighted by molar-refractivity contribution is 5.81. The zero-order chi connectivity index (χ0) is 15.0. The molecule has 0 spiro atoms. The molecular weight excluding hydrogens is 248 g/mol. The fourth-order valence-corrected chi connectivity index (χ4v) is 2.48. The first kappa shape index (κ1) is 16.7. The van der Waals surface area contributed by atoms with Gasteiger partial charge in [-0.15, -0.1) is 0 Å². The topological polar surface area (TPSA) is 55.1 Å². The molecular formula is C17H28N2O. The van der Waals surface area contributed by atoms with Gasteiger partial charge in [0.05, 0.1) is 0 Å². The van der Waals surface area contributed by atoms with Crippen molar-refractivity contribution in [2.45, 2.75) is 46.0 Å². The van der Waals surface area contributed by atoms with Crippen molar-refractivity contribution in [3.63, 3.8) is 0 Å². The Balaban J connectivity index is 2.65. The highest BCUT2D eigenvalue weighted by Crippen LogP contribution is 2.33. The van der Waals surface area contributed by atoms with Gasteiger partial charge < -0.3 is 11.1 Å². The van der Waals surface area contributed by atoms with Gasteiger partial charge in [0.1, 0.15) is 0 Å². The molecule has 0 heterocycles. The fourth-order valence-electron chi connectivity index (χ4n) is 2.48. The van der Waals surface area contributed by atoms with Crippen molar-refractivity contribution in [2.75, 3.05) is 13.1 Å². The molecule has 0 saturated carbocycles. The Morgan fingerprint density at radius 1 is 1.30 bits per heavy atom. The second-order valence-corrected chi connectivity index (χ2v) is 6.00. The van der Waals surface area contributed by atoms with Crippen LogP contribution in [0.25, 0.3) is 0 Å². The summed E-state index contributed by atoms with van der Waals surface area (Å²) in [7, 11) is 0. The predicted octanol–water partition coefficient (Wildman–Crippen LogP) is 3.06. The summed E-state index contributed by atoms with van der Waals surface area (Å²) in [5, 5.41) is 2.99. The smallest absolute Gasteiger partial charge is 0.225 e. The van der Waals surface area contributed by atoms with E-state index in [1.165, 1.54) is 5.56 Å². The third-order valence-electron chi connectivity index (χ3n) is 3.80. The Kier molecular flexibility index (Phi) is 6.73. The molecule has 3 nitrogen and oxygen atoms in total. The van der Waals surface area contributed by atoms with E-state index in [-0.39, 0.29) is 11.3 Å². The largest absolute Gasteiger partial charge is 0.356 e. The van der Waals surface area contributed by atoms with Crippen LogP contribution in [-0.4, -0.2) is 19.0 Å². The number of amides is 1. The molecule has 1 aromatic rings. The number of benzene rings is 1. The summed E-state index contributed by atoms with van der Waals surface area (Å²) in [5.74, 6) is 0.548. The zero-order valence-electron chi connectivity index (χ0n) is 13.0. The Morgan fingerprint density at radius 3 is 2.50 bits per heavy atom. The summed E-state index contributed by atoms with van der Waals surface area (Å²) in [6, 6.07) is 10.5. The maximum atomic E-state index is 12.3. The first-order valence-corrected chi connectivity index (χ1v) is 7.54. The Morgan fingerprint density at radius 2 is 1.95 bits per heavy atom. The van der Waals surface area contributed by atoms with E-state index in [0.29, 0.717) is 19.0 Å². The van der Waals surface area contributed by atoms with E-state index in [9.17, 15) is 4.79 Å². The van der Waals surface area contributed by atoms with Gasteiger partial charge in [0.15, 0.2) is 0 Å². The van der Waals surface area contributed by atoms with E-state index in [1.807, 2.05) is 19.9 Å². The van der Waals surface area contributed by atoms with Crippen molar-refractivity contribution in [3.8, 4) is 0 Å². The highest BCUT2D eigenvalue weighted by atomic mass is 16.2. The molecule has 3 N–H and O–H groups in total. The second kappa shape index (κ2) is 8.05. The Labute approximate surface area is 122 Å². The van der Waals surface area contributed by atoms with Gasteiger partial charge in [0, 0.05) is 12.0 Å². The van der Waals surface area contributed by atoms with Crippen LogP contribution in [0.3, 0.4) is 0 Å². The molecule has 112 valence electrons. The average molecular weight is 276 g/mol. The van der Waals surface area contributed by atoms with Crippen LogP contribution in [0.5, 0.6) is 0 Å². The average Bonchev–Trinajstić information content (AvgIpc) is 2.45. The van der Waals surface area contributed by atoms with Gasteiger partial charge in [-0.3, -0.25) is 4.79 Å². The maximum Gasteiger partial charge on any atom is 0.225 e. The van der Waals surface area contributed by atoms with Crippen molar-refractivity contribution in [2.24, 2.45) is 11.1 Å².